The van der Waals surface area contributed by atoms with E-state index < -0.39 is 0 Å². The highest BCUT2D eigenvalue weighted by Gasteiger charge is 2.17. The molecule has 0 amide bonds. The molecular formula is C17H18FNO. The van der Waals surface area contributed by atoms with Gasteiger partial charge in [-0.1, -0.05) is 37.3 Å². The van der Waals surface area contributed by atoms with Gasteiger partial charge in [-0.15, -0.1) is 0 Å². The molecule has 2 aromatic rings. The minimum Gasteiger partial charge on any atom is -0.372 e. The van der Waals surface area contributed by atoms with Gasteiger partial charge in [-0.25, -0.2) is 4.39 Å². The van der Waals surface area contributed by atoms with Gasteiger partial charge in [0.05, 0.1) is 19.3 Å². The summed E-state index contributed by atoms with van der Waals surface area (Å²) in [5.41, 5.74) is 4.59. The van der Waals surface area contributed by atoms with Crippen LogP contribution in [0.1, 0.15) is 35.2 Å². The lowest BCUT2D eigenvalue weighted by atomic mass is 9.95. The van der Waals surface area contributed by atoms with E-state index in [-0.39, 0.29) is 11.9 Å². The lowest BCUT2D eigenvalue weighted by Crippen LogP contribution is -2.22. The Balaban J connectivity index is 1.98. The normalized spacial score (nSPS) is 15.1. The number of benzene rings is 2. The molecule has 104 valence electrons. The van der Waals surface area contributed by atoms with Crippen LogP contribution in [0.2, 0.25) is 0 Å². The molecule has 1 N–H and O–H groups in total. The van der Waals surface area contributed by atoms with Gasteiger partial charge in [-0.3, -0.25) is 0 Å². The van der Waals surface area contributed by atoms with Crippen molar-refractivity contribution >= 4 is 0 Å². The van der Waals surface area contributed by atoms with E-state index in [1.54, 1.807) is 12.1 Å². The average Bonchev–Trinajstić information content (AvgIpc) is 2.92. The van der Waals surface area contributed by atoms with Gasteiger partial charge in [0.1, 0.15) is 5.82 Å². The maximum Gasteiger partial charge on any atom is 0.123 e. The molecule has 2 aromatic carbocycles. The van der Waals surface area contributed by atoms with Gasteiger partial charge < -0.3 is 10.1 Å². The van der Waals surface area contributed by atoms with Crippen molar-refractivity contribution in [1.29, 1.82) is 0 Å². The molecular weight excluding hydrogens is 253 g/mol. The predicted molar refractivity (Wildman–Crippen MR) is 76.9 cm³/mol. The maximum atomic E-state index is 13.5. The van der Waals surface area contributed by atoms with E-state index in [2.05, 4.69) is 30.4 Å². The first kappa shape index (κ1) is 13.3. The Labute approximate surface area is 118 Å². The first-order valence-electron chi connectivity index (χ1n) is 6.96. The van der Waals surface area contributed by atoms with Crippen molar-refractivity contribution in [2.24, 2.45) is 0 Å². The van der Waals surface area contributed by atoms with E-state index in [1.165, 1.54) is 17.2 Å². The molecule has 2 nitrogen and oxygen atoms in total. The first-order chi connectivity index (χ1) is 9.78. The van der Waals surface area contributed by atoms with Crippen LogP contribution in [0.5, 0.6) is 0 Å². The van der Waals surface area contributed by atoms with Crippen LogP contribution in [0, 0.1) is 5.82 Å². The molecule has 0 saturated carbocycles. The number of halogens is 1. The number of fused-ring (bicyclic) bond motifs is 1. The summed E-state index contributed by atoms with van der Waals surface area (Å²) in [4.78, 5) is 0. The van der Waals surface area contributed by atoms with Crippen LogP contribution in [-0.4, -0.2) is 6.54 Å². The zero-order valence-electron chi connectivity index (χ0n) is 11.5. The van der Waals surface area contributed by atoms with Crippen LogP contribution in [-0.2, 0) is 18.0 Å². The molecule has 0 aromatic heterocycles. The summed E-state index contributed by atoms with van der Waals surface area (Å²) in [5.74, 6) is -0.199. The number of ether oxygens (including phenoxy) is 1. The third-order valence-corrected chi connectivity index (χ3v) is 3.67. The van der Waals surface area contributed by atoms with Crippen LogP contribution in [0.15, 0.2) is 42.5 Å². The molecule has 0 bridgehead atoms. The van der Waals surface area contributed by atoms with E-state index in [0.717, 1.165) is 17.7 Å². The van der Waals surface area contributed by atoms with Crippen molar-refractivity contribution in [3.8, 4) is 0 Å². The fraction of sp³-hybridized carbons (Fsp3) is 0.294. The minimum absolute atomic E-state index is 0.0154. The Morgan fingerprint density at radius 2 is 1.90 bits per heavy atom. The van der Waals surface area contributed by atoms with Gasteiger partial charge >= 0.3 is 0 Å². The summed E-state index contributed by atoms with van der Waals surface area (Å²) in [6, 6.07) is 13.2. The second-order valence-corrected chi connectivity index (χ2v) is 5.07. The number of hydrogen-bond donors (Lipinski definition) is 1. The Kier molecular flexibility index (Phi) is 3.81. The Morgan fingerprint density at radius 3 is 2.70 bits per heavy atom. The van der Waals surface area contributed by atoms with Crippen molar-refractivity contribution in [3.63, 3.8) is 0 Å². The monoisotopic (exact) mass is 271 g/mol. The van der Waals surface area contributed by atoms with Crippen LogP contribution in [0.25, 0.3) is 0 Å². The van der Waals surface area contributed by atoms with Crippen LogP contribution in [0.3, 0.4) is 0 Å². The average molecular weight is 271 g/mol. The van der Waals surface area contributed by atoms with Crippen LogP contribution in [0.4, 0.5) is 4.39 Å². The standard InChI is InChI=1S/C17H18FNO/c1-2-19-17(12-4-3-5-16(18)9-12)13-6-7-14-10-20-11-15(14)8-13/h3-9,17,19H,2,10-11H2,1H3. The second-order valence-electron chi connectivity index (χ2n) is 5.07. The topological polar surface area (TPSA) is 21.3 Å². The van der Waals surface area contributed by atoms with Crippen LogP contribution < -0.4 is 5.32 Å². The number of hydrogen-bond acceptors (Lipinski definition) is 2. The molecule has 3 rings (SSSR count). The highest BCUT2D eigenvalue weighted by molar-refractivity contribution is 5.39. The predicted octanol–water partition coefficient (Wildman–Crippen LogP) is 3.55. The summed E-state index contributed by atoms with van der Waals surface area (Å²) in [5, 5.41) is 3.43. The van der Waals surface area contributed by atoms with Crippen molar-refractivity contribution in [1.82, 2.24) is 5.32 Å². The summed E-state index contributed by atoms with van der Waals surface area (Å²) >= 11 is 0. The zero-order chi connectivity index (χ0) is 13.9. The van der Waals surface area contributed by atoms with Gasteiger partial charge in [-0.2, -0.15) is 0 Å². The molecule has 1 unspecified atom stereocenters. The van der Waals surface area contributed by atoms with Crippen molar-refractivity contribution in [2.75, 3.05) is 6.54 Å². The van der Waals surface area contributed by atoms with E-state index in [0.29, 0.717) is 13.2 Å². The Bertz CT molecular complexity index is 612. The third kappa shape index (κ3) is 2.60. The second kappa shape index (κ2) is 5.73. The molecule has 3 heteroatoms. The van der Waals surface area contributed by atoms with Crippen molar-refractivity contribution in [2.45, 2.75) is 26.2 Å². The van der Waals surface area contributed by atoms with Gasteiger partial charge in [0.2, 0.25) is 0 Å². The Morgan fingerprint density at radius 1 is 1.10 bits per heavy atom. The Hall–Kier alpha value is -1.71. The molecule has 1 aliphatic rings. The minimum atomic E-state index is -0.199. The summed E-state index contributed by atoms with van der Waals surface area (Å²) in [7, 11) is 0. The fourth-order valence-electron chi connectivity index (χ4n) is 2.69. The quantitative estimate of drug-likeness (QED) is 0.918. The van der Waals surface area contributed by atoms with E-state index >= 15 is 0 Å². The highest BCUT2D eigenvalue weighted by atomic mass is 19.1. The largest absolute Gasteiger partial charge is 0.372 e. The number of rotatable bonds is 4. The smallest absolute Gasteiger partial charge is 0.123 e. The first-order valence-corrected chi connectivity index (χ1v) is 6.96. The SMILES string of the molecule is CCNC(c1cccc(F)c1)c1ccc2c(c1)COC2. The van der Waals surface area contributed by atoms with E-state index in [4.69, 9.17) is 4.74 Å². The van der Waals surface area contributed by atoms with Gasteiger partial charge in [0, 0.05) is 0 Å². The molecule has 0 radical (unpaired) electrons. The van der Waals surface area contributed by atoms with E-state index in [9.17, 15) is 4.39 Å². The maximum absolute atomic E-state index is 13.5. The molecule has 1 atom stereocenters. The summed E-state index contributed by atoms with van der Waals surface area (Å²) in [6.45, 7) is 4.25. The third-order valence-electron chi connectivity index (χ3n) is 3.67. The molecule has 1 aliphatic heterocycles. The zero-order valence-corrected chi connectivity index (χ0v) is 11.5. The number of nitrogens with one attached hydrogen (secondary N) is 1. The molecule has 0 fully saturated rings. The van der Waals surface area contributed by atoms with Gasteiger partial charge in [0.25, 0.3) is 0 Å². The summed E-state index contributed by atoms with van der Waals surface area (Å²) in [6.07, 6.45) is 0. The van der Waals surface area contributed by atoms with Gasteiger partial charge in [0.15, 0.2) is 0 Å². The molecule has 0 aliphatic carbocycles. The fourth-order valence-corrected chi connectivity index (χ4v) is 2.69. The van der Waals surface area contributed by atoms with Crippen molar-refractivity contribution in [3.05, 3.63) is 70.5 Å². The summed E-state index contributed by atoms with van der Waals surface area (Å²) < 4.78 is 18.9. The highest BCUT2D eigenvalue weighted by Crippen LogP contribution is 2.27. The lowest BCUT2D eigenvalue weighted by Gasteiger charge is -2.19. The van der Waals surface area contributed by atoms with Crippen molar-refractivity contribution < 1.29 is 9.13 Å². The molecule has 1 heterocycles. The van der Waals surface area contributed by atoms with E-state index in [1.807, 2.05) is 6.07 Å². The van der Waals surface area contributed by atoms with Gasteiger partial charge in [-0.05, 0) is 40.9 Å². The van der Waals surface area contributed by atoms with Crippen LogP contribution >= 0.6 is 0 Å². The molecule has 20 heavy (non-hydrogen) atoms. The molecule has 0 spiro atoms. The molecule has 0 saturated heterocycles. The lowest BCUT2D eigenvalue weighted by molar-refractivity contribution is 0.134.